The number of hydrogen-bond acceptors (Lipinski definition) is 4. The van der Waals surface area contributed by atoms with E-state index in [4.69, 9.17) is 5.84 Å². The summed E-state index contributed by atoms with van der Waals surface area (Å²) in [6.45, 7) is 4.86. The molecule has 2 rings (SSSR count). The lowest BCUT2D eigenvalue weighted by atomic mass is 10.1. The molecule has 0 radical (unpaired) electrons. The van der Waals surface area contributed by atoms with E-state index in [0.29, 0.717) is 0 Å². The van der Waals surface area contributed by atoms with Crippen LogP contribution in [0.1, 0.15) is 29.9 Å². The fraction of sp³-hybridized carbons (Fsp3) is 0.333. The zero-order chi connectivity index (χ0) is 12.3. The summed E-state index contributed by atoms with van der Waals surface area (Å²) in [6.07, 6.45) is 3.56. The molecular formula is C12H17N5. The van der Waals surface area contributed by atoms with Crippen molar-refractivity contribution in [3.8, 4) is 0 Å². The Hall–Kier alpha value is -1.72. The first-order valence-electron chi connectivity index (χ1n) is 5.66. The van der Waals surface area contributed by atoms with Crippen LogP contribution in [0.4, 0.5) is 0 Å². The highest BCUT2D eigenvalue weighted by Gasteiger charge is 2.17. The summed E-state index contributed by atoms with van der Waals surface area (Å²) in [5.74, 6) is 5.65. The smallest absolute Gasteiger partial charge is 0.0893 e. The summed E-state index contributed by atoms with van der Waals surface area (Å²) in [7, 11) is 0. The van der Waals surface area contributed by atoms with Crippen LogP contribution < -0.4 is 11.3 Å². The van der Waals surface area contributed by atoms with E-state index in [9.17, 15) is 0 Å². The van der Waals surface area contributed by atoms with Gasteiger partial charge in [0.2, 0.25) is 0 Å². The predicted octanol–water partition coefficient (Wildman–Crippen LogP) is 1.16. The number of aryl methyl sites for hydroxylation is 2. The fourth-order valence-electron chi connectivity index (χ4n) is 1.95. The maximum absolute atomic E-state index is 5.65. The van der Waals surface area contributed by atoms with Gasteiger partial charge in [0, 0.05) is 18.9 Å². The lowest BCUT2D eigenvalue weighted by Crippen LogP contribution is -2.30. The Morgan fingerprint density at radius 3 is 2.94 bits per heavy atom. The van der Waals surface area contributed by atoms with Crippen LogP contribution in [-0.4, -0.2) is 14.8 Å². The van der Waals surface area contributed by atoms with Gasteiger partial charge in [0.05, 0.1) is 17.4 Å². The van der Waals surface area contributed by atoms with Crippen LogP contribution in [0, 0.1) is 6.92 Å². The lowest BCUT2D eigenvalue weighted by molar-refractivity contribution is 0.541. The topological polar surface area (TPSA) is 68.8 Å². The predicted molar refractivity (Wildman–Crippen MR) is 66.0 cm³/mol. The van der Waals surface area contributed by atoms with Crippen molar-refractivity contribution in [2.24, 2.45) is 5.84 Å². The van der Waals surface area contributed by atoms with Crippen LogP contribution in [0.15, 0.2) is 30.6 Å². The van der Waals surface area contributed by atoms with Gasteiger partial charge >= 0.3 is 0 Å². The van der Waals surface area contributed by atoms with Crippen LogP contribution in [0.3, 0.4) is 0 Å². The zero-order valence-electron chi connectivity index (χ0n) is 10.1. The van der Waals surface area contributed by atoms with Gasteiger partial charge in [0.15, 0.2) is 0 Å². The van der Waals surface area contributed by atoms with Gasteiger partial charge in [-0.25, -0.2) is 5.43 Å². The third-order valence-electron chi connectivity index (χ3n) is 2.71. The SMILES string of the molecule is CCn1nc(C)cc1C(NN)c1cccnc1. The van der Waals surface area contributed by atoms with Crippen molar-refractivity contribution in [1.29, 1.82) is 0 Å². The van der Waals surface area contributed by atoms with E-state index in [-0.39, 0.29) is 6.04 Å². The Kier molecular flexibility index (Phi) is 3.51. The largest absolute Gasteiger partial charge is 0.271 e. The van der Waals surface area contributed by atoms with Crippen molar-refractivity contribution < 1.29 is 0 Å². The van der Waals surface area contributed by atoms with Gasteiger partial charge in [-0.05, 0) is 31.5 Å². The van der Waals surface area contributed by atoms with Gasteiger partial charge in [-0.2, -0.15) is 5.10 Å². The molecule has 2 aromatic heterocycles. The van der Waals surface area contributed by atoms with E-state index in [1.165, 1.54) is 0 Å². The quantitative estimate of drug-likeness (QED) is 0.612. The zero-order valence-corrected chi connectivity index (χ0v) is 10.1. The highest BCUT2D eigenvalue weighted by Crippen LogP contribution is 2.21. The molecule has 2 aromatic rings. The molecule has 0 fully saturated rings. The Morgan fingerprint density at radius 1 is 1.53 bits per heavy atom. The number of nitrogens with one attached hydrogen (secondary N) is 1. The van der Waals surface area contributed by atoms with E-state index in [1.807, 2.05) is 36.0 Å². The molecule has 0 aliphatic heterocycles. The first-order chi connectivity index (χ1) is 8.26. The molecule has 0 saturated heterocycles. The van der Waals surface area contributed by atoms with Gasteiger partial charge in [0.25, 0.3) is 0 Å². The Bertz CT molecular complexity index is 477. The normalized spacial score (nSPS) is 12.6. The van der Waals surface area contributed by atoms with Crippen molar-refractivity contribution in [3.63, 3.8) is 0 Å². The summed E-state index contributed by atoms with van der Waals surface area (Å²) in [5, 5.41) is 4.42. The number of aromatic nitrogens is 3. The maximum Gasteiger partial charge on any atom is 0.0893 e. The Morgan fingerprint density at radius 2 is 2.35 bits per heavy atom. The van der Waals surface area contributed by atoms with E-state index >= 15 is 0 Å². The third-order valence-corrected chi connectivity index (χ3v) is 2.71. The standard InChI is InChI=1S/C12H17N5/c1-3-17-11(7-9(2)16-17)12(15-13)10-5-4-6-14-8-10/h4-8,12,15H,3,13H2,1-2H3. The molecule has 2 heterocycles. The first-order valence-corrected chi connectivity index (χ1v) is 5.66. The second kappa shape index (κ2) is 5.07. The summed E-state index contributed by atoms with van der Waals surface area (Å²) < 4.78 is 1.95. The van der Waals surface area contributed by atoms with Crippen molar-refractivity contribution in [2.45, 2.75) is 26.4 Å². The van der Waals surface area contributed by atoms with E-state index < -0.39 is 0 Å². The molecule has 3 N–H and O–H groups in total. The van der Waals surface area contributed by atoms with Crippen LogP contribution in [0.2, 0.25) is 0 Å². The summed E-state index contributed by atoms with van der Waals surface area (Å²) in [4.78, 5) is 4.12. The number of nitrogens with zero attached hydrogens (tertiary/aromatic N) is 3. The van der Waals surface area contributed by atoms with Crippen LogP contribution >= 0.6 is 0 Å². The molecule has 1 atom stereocenters. The molecule has 0 saturated carbocycles. The molecule has 0 amide bonds. The van der Waals surface area contributed by atoms with E-state index in [1.54, 1.807) is 6.20 Å². The molecule has 0 aliphatic rings. The van der Waals surface area contributed by atoms with Gasteiger partial charge < -0.3 is 0 Å². The second-order valence-corrected chi connectivity index (χ2v) is 3.91. The molecule has 0 aliphatic carbocycles. The highest BCUT2D eigenvalue weighted by atomic mass is 15.3. The number of hydrogen-bond donors (Lipinski definition) is 2. The molecular weight excluding hydrogens is 214 g/mol. The van der Waals surface area contributed by atoms with Crippen LogP contribution in [0.25, 0.3) is 0 Å². The minimum Gasteiger partial charge on any atom is -0.271 e. The number of hydrazine groups is 1. The number of nitrogens with two attached hydrogens (primary N) is 1. The Labute approximate surface area is 101 Å². The second-order valence-electron chi connectivity index (χ2n) is 3.91. The first kappa shape index (κ1) is 11.8. The fourth-order valence-corrected chi connectivity index (χ4v) is 1.95. The van der Waals surface area contributed by atoms with Crippen LogP contribution in [0.5, 0.6) is 0 Å². The lowest BCUT2D eigenvalue weighted by Gasteiger charge is -2.17. The molecule has 0 aromatic carbocycles. The monoisotopic (exact) mass is 231 g/mol. The van der Waals surface area contributed by atoms with Crippen molar-refractivity contribution >= 4 is 0 Å². The molecule has 0 spiro atoms. The molecule has 17 heavy (non-hydrogen) atoms. The molecule has 0 bridgehead atoms. The average molecular weight is 231 g/mol. The van der Waals surface area contributed by atoms with Crippen molar-refractivity contribution in [3.05, 3.63) is 47.5 Å². The third kappa shape index (κ3) is 2.35. The Balaban J connectivity index is 2.42. The van der Waals surface area contributed by atoms with Gasteiger partial charge in [-0.15, -0.1) is 0 Å². The summed E-state index contributed by atoms with van der Waals surface area (Å²) in [6, 6.07) is 5.87. The minimum absolute atomic E-state index is 0.0788. The average Bonchev–Trinajstić information content (AvgIpc) is 2.73. The van der Waals surface area contributed by atoms with E-state index in [2.05, 4.69) is 22.4 Å². The summed E-state index contributed by atoms with van der Waals surface area (Å²) >= 11 is 0. The highest BCUT2D eigenvalue weighted by molar-refractivity contribution is 5.26. The minimum atomic E-state index is -0.0788. The number of pyridine rings is 1. The molecule has 1 unspecified atom stereocenters. The van der Waals surface area contributed by atoms with E-state index in [0.717, 1.165) is 23.5 Å². The molecule has 90 valence electrons. The van der Waals surface area contributed by atoms with Crippen molar-refractivity contribution in [2.75, 3.05) is 0 Å². The van der Waals surface area contributed by atoms with Gasteiger partial charge in [-0.1, -0.05) is 6.07 Å². The molecule has 5 nitrogen and oxygen atoms in total. The van der Waals surface area contributed by atoms with Gasteiger partial charge in [0.1, 0.15) is 0 Å². The number of rotatable bonds is 4. The van der Waals surface area contributed by atoms with Gasteiger partial charge in [-0.3, -0.25) is 15.5 Å². The maximum atomic E-state index is 5.65. The molecule has 5 heteroatoms. The van der Waals surface area contributed by atoms with Crippen molar-refractivity contribution in [1.82, 2.24) is 20.2 Å². The summed E-state index contributed by atoms with van der Waals surface area (Å²) in [5.41, 5.74) is 5.90. The van der Waals surface area contributed by atoms with Crippen LogP contribution in [-0.2, 0) is 6.54 Å².